The lowest BCUT2D eigenvalue weighted by Crippen LogP contribution is -2.29. The first-order chi connectivity index (χ1) is 15.4. The highest BCUT2D eigenvalue weighted by atomic mass is 16.3. The maximum absolute atomic E-state index is 13.1. The smallest absolute Gasteiger partial charge is 0.295 e. The summed E-state index contributed by atoms with van der Waals surface area (Å²) in [5.41, 5.74) is 4.49. The zero-order valence-electron chi connectivity index (χ0n) is 18.4. The number of aliphatic hydroxyl groups excluding tert-OH is 1. The highest BCUT2D eigenvalue weighted by molar-refractivity contribution is 6.46. The molecule has 2 aromatic carbocycles. The van der Waals surface area contributed by atoms with Crippen LogP contribution in [0, 0.1) is 6.92 Å². The van der Waals surface area contributed by atoms with Crippen molar-refractivity contribution >= 4 is 17.4 Å². The minimum Gasteiger partial charge on any atom is -0.507 e. The Morgan fingerprint density at radius 1 is 0.969 bits per heavy atom. The largest absolute Gasteiger partial charge is 0.507 e. The zero-order chi connectivity index (χ0) is 22.8. The van der Waals surface area contributed by atoms with E-state index in [1.807, 2.05) is 55.5 Å². The van der Waals surface area contributed by atoms with Crippen LogP contribution in [0.3, 0.4) is 0 Å². The number of pyridine rings is 1. The van der Waals surface area contributed by atoms with E-state index in [9.17, 15) is 14.7 Å². The Balaban J connectivity index is 1.84. The zero-order valence-corrected chi connectivity index (χ0v) is 18.4. The van der Waals surface area contributed by atoms with E-state index in [4.69, 9.17) is 0 Å². The first-order valence-corrected chi connectivity index (χ1v) is 10.7. The summed E-state index contributed by atoms with van der Waals surface area (Å²) in [5.74, 6) is -1.08. The highest BCUT2D eigenvalue weighted by Crippen LogP contribution is 2.40. The Kier molecular flexibility index (Phi) is 5.91. The molecule has 1 aliphatic heterocycles. The van der Waals surface area contributed by atoms with Crippen LogP contribution in [0.2, 0.25) is 0 Å². The van der Waals surface area contributed by atoms with Crippen molar-refractivity contribution in [3.05, 3.63) is 106 Å². The van der Waals surface area contributed by atoms with Crippen molar-refractivity contribution < 1.29 is 14.7 Å². The molecule has 0 aliphatic carbocycles. The molecule has 0 bridgehead atoms. The Labute approximate surface area is 188 Å². The molecule has 5 heteroatoms. The molecule has 1 atom stereocenters. The number of Topliss-reactive ketones (excluding diaryl/α,β-unsaturated/α-hetero) is 1. The molecule has 0 spiro atoms. The van der Waals surface area contributed by atoms with E-state index in [1.165, 1.54) is 10.5 Å². The summed E-state index contributed by atoms with van der Waals surface area (Å²) in [6.07, 6.45) is 3.31. The maximum atomic E-state index is 13.1. The third-order valence-electron chi connectivity index (χ3n) is 5.89. The molecule has 32 heavy (non-hydrogen) atoms. The van der Waals surface area contributed by atoms with Gasteiger partial charge < -0.3 is 10.0 Å². The average molecular weight is 427 g/mol. The predicted molar refractivity (Wildman–Crippen MR) is 124 cm³/mol. The van der Waals surface area contributed by atoms with Gasteiger partial charge in [-0.2, -0.15) is 0 Å². The minimum atomic E-state index is -0.675. The second kappa shape index (κ2) is 8.79. The van der Waals surface area contributed by atoms with E-state index in [0.717, 1.165) is 16.7 Å². The number of carbonyl (C=O) groups excluding carboxylic acids is 2. The molecule has 1 amide bonds. The van der Waals surface area contributed by atoms with Crippen molar-refractivity contribution in [1.29, 1.82) is 0 Å². The molecular formula is C27H26N2O3. The molecule has 1 saturated heterocycles. The van der Waals surface area contributed by atoms with Crippen LogP contribution in [0.25, 0.3) is 5.76 Å². The van der Waals surface area contributed by atoms with Gasteiger partial charge in [-0.05, 0) is 41.7 Å². The van der Waals surface area contributed by atoms with Crippen molar-refractivity contribution in [2.45, 2.75) is 39.3 Å². The molecule has 0 saturated carbocycles. The molecule has 1 fully saturated rings. The monoisotopic (exact) mass is 426 g/mol. The number of benzene rings is 2. The number of hydrogen-bond donors (Lipinski definition) is 1. The number of aryl methyl sites for hydroxylation is 1. The number of ketones is 1. The van der Waals surface area contributed by atoms with Crippen LogP contribution >= 0.6 is 0 Å². The van der Waals surface area contributed by atoms with Crippen LogP contribution in [0.4, 0.5) is 0 Å². The summed E-state index contributed by atoms with van der Waals surface area (Å²) in [7, 11) is 0. The lowest BCUT2D eigenvalue weighted by atomic mass is 9.93. The Bertz CT molecular complexity index is 1160. The van der Waals surface area contributed by atoms with Crippen LogP contribution in [0.5, 0.6) is 0 Å². The molecule has 2 heterocycles. The fourth-order valence-corrected chi connectivity index (χ4v) is 4.00. The van der Waals surface area contributed by atoms with Gasteiger partial charge in [0.25, 0.3) is 11.7 Å². The standard InChI is InChI=1S/C27H26N2O3/c1-17(2)20-8-10-21(11-9-20)24-23(25(30)22-6-4-18(3)5-7-22)26(31)27(32)29(24)16-19-12-14-28-15-13-19/h4-15,17,24,30H,16H2,1-3H3/b25-23-. The van der Waals surface area contributed by atoms with E-state index in [1.54, 1.807) is 24.5 Å². The molecule has 162 valence electrons. The number of amides is 1. The Morgan fingerprint density at radius 3 is 2.19 bits per heavy atom. The first kappa shape index (κ1) is 21.5. The summed E-state index contributed by atoms with van der Waals surface area (Å²) >= 11 is 0. The maximum Gasteiger partial charge on any atom is 0.295 e. The van der Waals surface area contributed by atoms with Gasteiger partial charge in [0.2, 0.25) is 0 Å². The number of rotatable bonds is 5. The van der Waals surface area contributed by atoms with Gasteiger partial charge in [-0.25, -0.2) is 0 Å². The van der Waals surface area contributed by atoms with Crippen LogP contribution in [-0.2, 0) is 16.1 Å². The van der Waals surface area contributed by atoms with Gasteiger partial charge in [0.1, 0.15) is 5.76 Å². The van der Waals surface area contributed by atoms with Crippen LogP contribution in [-0.4, -0.2) is 26.7 Å². The van der Waals surface area contributed by atoms with Gasteiger partial charge >= 0.3 is 0 Å². The summed E-state index contributed by atoms with van der Waals surface area (Å²) in [6, 6.07) is 18.1. The highest BCUT2D eigenvalue weighted by Gasteiger charge is 2.46. The molecule has 1 aliphatic rings. The molecular weight excluding hydrogens is 400 g/mol. The molecule has 1 N–H and O–H groups in total. The van der Waals surface area contributed by atoms with E-state index < -0.39 is 17.7 Å². The number of carbonyl (C=O) groups is 2. The number of likely N-dealkylation sites (tertiary alicyclic amines) is 1. The van der Waals surface area contributed by atoms with Gasteiger partial charge in [-0.15, -0.1) is 0 Å². The fraction of sp³-hybridized carbons (Fsp3) is 0.222. The van der Waals surface area contributed by atoms with Gasteiger partial charge in [0, 0.05) is 24.5 Å². The number of hydrogen-bond acceptors (Lipinski definition) is 4. The Hall–Kier alpha value is -3.73. The van der Waals surface area contributed by atoms with Gasteiger partial charge in [-0.3, -0.25) is 14.6 Å². The van der Waals surface area contributed by atoms with E-state index >= 15 is 0 Å². The predicted octanol–water partition coefficient (Wildman–Crippen LogP) is 5.14. The average Bonchev–Trinajstić information content (AvgIpc) is 3.05. The summed E-state index contributed by atoms with van der Waals surface area (Å²) in [5, 5.41) is 11.1. The molecule has 4 rings (SSSR count). The topological polar surface area (TPSA) is 70.5 Å². The lowest BCUT2D eigenvalue weighted by Gasteiger charge is -2.25. The molecule has 5 nitrogen and oxygen atoms in total. The first-order valence-electron chi connectivity index (χ1n) is 10.7. The summed E-state index contributed by atoms with van der Waals surface area (Å²) in [4.78, 5) is 31.8. The number of nitrogens with zero attached hydrogens (tertiary/aromatic N) is 2. The minimum absolute atomic E-state index is 0.116. The Morgan fingerprint density at radius 2 is 1.59 bits per heavy atom. The van der Waals surface area contributed by atoms with Crippen LogP contribution in [0.1, 0.15) is 53.6 Å². The van der Waals surface area contributed by atoms with Crippen molar-refractivity contribution in [2.75, 3.05) is 0 Å². The SMILES string of the molecule is Cc1ccc(/C(O)=C2/C(=O)C(=O)N(Cc3ccncc3)C2c2ccc(C(C)C)cc2)cc1. The second-order valence-electron chi connectivity index (χ2n) is 8.47. The molecule has 3 aromatic rings. The summed E-state index contributed by atoms with van der Waals surface area (Å²) < 4.78 is 0. The van der Waals surface area contributed by atoms with Crippen LogP contribution < -0.4 is 0 Å². The number of aliphatic hydroxyl groups is 1. The van der Waals surface area contributed by atoms with E-state index in [0.29, 0.717) is 11.5 Å². The number of aromatic nitrogens is 1. The van der Waals surface area contributed by atoms with Crippen molar-refractivity contribution in [3.63, 3.8) is 0 Å². The van der Waals surface area contributed by atoms with Crippen LogP contribution in [0.15, 0.2) is 78.6 Å². The van der Waals surface area contributed by atoms with E-state index in [-0.39, 0.29) is 17.9 Å². The third kappa shape index (κ3) is 4.06. The summed E-state index contributed by atoms with van der Waals surface area (Å²) in [6.45, 7) is 6.42. The molecule has 0 radical (unpaired) electrons. The van der Waals surface area contributed by atoms with Gasteiger partial charge in [0.05, 0.1) is 11.6 Å². The van der Waals surface area contributed by atoms with Gasteiger partial charge in [0.15, 0.2) is 0 Å². The second-order valence-corrected chi connectivity index (χ2v) is 8.47. The quantitative estimate of drug-likeness (QED) is 0.349. The molecule has 1 unspecified atom stereocenters. The van der Waals surface area contributed by atoms with Crippen molar-refractivity contribution in [3.8, 4) is 0 Å². The lowest BCUT2D eigenvalue weighted by molar-refractivity contribution is -0.140. The van der Waals surface area contributed by atoms with E-state index in [2.05, 4.69) is 18.8 Å². The normalized spacial score (nSPS) is 17.9. The third-order valence-corrected chi connectivity index (χ3v) is 5.89. The van der Waals surface area contributed by atoms with Gasteiger partial charge in [-0.1, -0.05) is 67.9 Å². The van der Waals surface area contributed by atoms with Crippen molar-refractivity contribution in [1.82, 2.24) is 9.88 Å². The van der Waals surface area contributed by atoms with Crippen molar-refractivity contribution in [2.24, 2.45) is 0 Å². The molecule has 1 aromatic heterocycles. The fourth-order valence-electron chi connectivity index (χ4n) is 4.00.